The predicted molar refractivity (Wildman–Crippen MR) is 80.4 cm³/mol. The van der Waals surface area contributed by atoms with Gasteiger partial charge in [-0.3, -0.25) is 4.90 Å². The molecule has 3 rings (SSSR count). The number of hydrogen-bond donors (Lipinski definition) is 0. The molecule has 0 N–H and O–H groups in total. The fourth-order valence-corrected chi connectivity index (χ4v) is 2.75. The number of aryl methyl sites for hydroxylation is 1. The Kier molecular flexibility index (Phi) is 4.36. The predicted octanol–water partition coefficient (Wildman–Crippen LogP) is 2.14. The highest BCUT2D eigenvalue weighted by atomic mass is 35.5. The number of anilines is 1. The molecular weight excluding hydrogens is 290 g/mol. The number of halogens is 1. The summed E-state index contributed by atoms with van der Waals surface area (Å²) in [5.41, 5.74) is 1.13. The smallest absolute Gasteiger partial charge is 0.223 e. The Bertz CT molecular complexity index is 603. The van der Waals surface area contributed by atoms with Gasteiger partial charge in [-0.2, -0.15) is 4.98 Å². The highest BCUT2D eigenvalue weighted by molar-refractivity contribution is 6.29. The van der Waals surface area contributed by atoms with Gasteiger partial charge >= 0.3 is 0 Å². The molecule has 0 amide bonds. The molecule has 0 aromatic carbocycles. The Balaban J connectivity index is 1.61. The quantitative estimate of drug-likeness (QED) is 0.810. The van der Waals surface area contributed by atoms with Crippen LogP contribution in [-0.4, -0.2) is 46.2 Å². The maximum absolute atomic E-state index is 5.97. The van der Waals surface area contributed by atoms with E-state index >= 15 is 0 Å². The summed E-state index contributed by atoms with van der Waals surface area (Å²) in [6, 6.07) is 3.92. The van der Waals surface area contributed by atoms with E-state index in [1.165, 1.54) is 0 Å². The lowest BCUT2D eigenvalue weighted by Crippen LogP contribution is -2.30. The average Bonchev–Trinajstić information content (AvgIpc) is 2.73. The Labute approximate surface area is 128 Å². The molecule has 21 heavy (non-hydrogen) atoms. The molecule has 3 heterocycles. The molecule has 1 aliphatic heterocycles. The molecule has 0 atom stereocenters. The maximum atomic E-state index is 5.97. The average molecular weight is 308 g/mol. The first-order valence-electron chi connectivity index (χ1n) is 7.09. The highest BCUT2D eigenvalue weighted by Gasteiger charge is 2.17. The van der Waals surface area contributed by atoms with Crippen LogP contribution in [0.2, 0.25) is 5.15 Å². The standard InChI is InChI=1S/C14H18ClN5O/c1-11-17-14(18-21-11)10-19-5-2-6-20(8-7-19)12-3-4-16-13(15)9-12/h3-4,9H,2,5-8,10H2,1H3. The van der Waals surface area contributed by atoms with Gasteiger partial charge in [0, 0.05) is 45.0 Å². The van der Waals surface area contributed by atoms with Crippen molar-refractivity contribution in [2.24, 2.45) is 0 Å². The number of rotatable bonds is 3. The van der Waals surface area contributed by atoms with Crippen LogP contribution in [0.3, 0.4) is 0 Å². The van der Waals surface area contributed by atoms with Gasteiger partial charge in [0.2, 0.25) is 5.89 Å². The molecule has 0 saturated carbocycles. The monoisotopic (exact) mass is 307 g/mol. The van der Waals surface area contributed by atoms with Gasteiger partial charge < -0.3 is 9.42 Å². The Hall–Kier alpha value is -1.66. The fraction of sp³-hybridized carbons (Fsp3) is 0.500. The van der Waals surface area contributed by atoms with Gasteiger partial charge in [0.05, 0.1) is 6.54 Å². The van der Waals surface area contributed by atoms with E-state index in [1.54, 1.807) is 6.20 Å². The molecule has 0 bridgehead atoms. The summed E-state index contributed by atoms with van der Waals surface area (Å²) in [5, 5.41) is 4.50. The van der Waals surface area contributed by atoms with E-state index in [0.717, 1.165) is 50.7 Å². The summed E-state index contributed by atoms with van der Waals surface area (Å²) in [7, 11) is 0. The molecule has 1 fully saturated rings. The van der Waals surface area contributed by atoms with E-state index in [4.69, 9.17) is 16.1 Å². The second-order valence-corrected chi connectivity index (χ2v) is 5.57. The lowest BCUT2D eigenvalue weighted by atomic mass is 10.3. The van der Waals surface area contributed by atoms with Crippen LogP contribution in [0.1, 0.15) is 18.1 Å². The van der Waals surface area contributed by atoms with Crippen molar-refractivity contribution < 1.29 is 4.52 Å². The first-order valence-corrected chi connectivity index (χ1v) is 7.46. The van der Waals surface area contributed by atoms with Crippen molar-refractivity contribution >= 4 is 17.3 Å². The van der Waals surface area contributed by atoms with E-state index < -0.39 is 0 Å². The third-order valence-corrected chi connectivity index (χ3v) is 3.81. The molecule has 6 nitrogen and oxygen atoms in total. The van der Waals surface area contributed by atoms with Crippen LogP contribution >= 0.6 is 11.6 Å². The Morgan fingerprint density at radius 2 is 2.19 bits per heavy atom. The highest BCUT2D eigenvalue weighted by Crippen LogP contribution is 2.19. The molecule has 0 radical (unpaired) electrons. The molecule has 1 aliphatic rings. The minimum atomic E-state index is 0.538. The van der Waals surface area contributed by atoms with Crippen LogP contribution in [0, 0.1) is 6.92 Å². The second kappa shape index (κ2) is 6.41. The van der Waals surface area contributed by atoms with Crippen LogP contribution in [0.25, 0.3) is 0 Å². The number of aromatic nitrogens is 3. The minimum absolute atomic E-state index is 0.538. The van der Waals surface area contributed by atoms with Crippen molar-refractivity contribution in [1.29, 1.82) is 0 Å². The lowest BCUT2D eigenvalue weighted by Gasteiger charge is -2.23. The van der Waals surface area contributed by atoms with Crippen LogP contribution < -0.4 is 4.90 Å². The van der Waals surface area contributed by atoms with Crippen molar-refractivity contribution in [3.8, 4) is 0 Å². The van der Waals surface area contributed by atoms with Crippen LogP contribution in [0.15, 0.2) is 22.9 Å². The fourth-order valence-electron chi connectivity index (χ4n) is 2.58. The molecule has 2 aromatic heterocycles. The van der Waals surface area contributed by atoms with E-state index in [-0.39, 0.29) is 0 Å². The van der Waals surface area contributed by atoms with Gasteiger partial charge in [-0.15, -0.1) is 0 Å². The van der Waals surface area contributed by atoms with Gasteiger partial charge in [-0.05, 0) is 18.6 Å². The summed E-state index contributed by atoms with van der Waals surface area (Å²) in [5.74, 6) is 1.38. The number of pyridine rings is 1. The molecular formula is C14H18ClN5O. The summed E-state index contributed by atoms with van der Waals surface area (Å²) in [4.78, 5) is 13.0. The zero-order valence-electron chi connectivity index (χ0n) is 12.0. The number of nitrogens with zero attached hydrogens (tertiary/aromatic N) is 5. The summed E-state index contributed by atoms with van der Waals surface area (Å²) in [6.07, 6.45) is 2.85. The van der Waals surface area contributed by atoms with E-state index in [9.17, 15) is 0 Å². The minimum Gasteiger partial charge on any atom is -0.370 e. The zero-order valence-corrected chi connectivity index (χ0v) is 12.8. The van der Waals surface area contributed by atoms with Crippen LogP contribution in [0.5, 0.6) is 0 Å². The van der Waals surface area contributed by atoms with Crippen molar-refractivity contribution in [3.63, 3.8) is 0 Å². The van der Waals surface area contributed by atoms with Gasteiger partial charge in [0.1, 0.15) is 5.15 Å². The van der Waals surface area contributed by atoms with Crippen molar-refractivity contribution in [2.75, 3.05) is 31.1 Å². The molecule has 7 heteroatoms. The van der Waals surface area contributed by atoms with E-state index in [2.05, 4.69) is 24.9 Å². The van der Waals surface area contributed by atoms with Crippen molar-refractivity contribution in [3.05, 3.63) is 35.2 Å². The normalized spacial score (nSPS) is 17.0. The van der Waals surface area contributed by atoms with Crippen molar-refractivity contribution in [2.45, 2.75) is 19.9 Å². The summed E-state index contributed by atoms with van der Waals surface area (Å²) >= 11 is 5.97. The molecule has 112 valence electrons. The third kappa shape index (κ3) is 3.71. The summed E-state index contributed by atoms with van der Waals surface area (Å²) < 4.78 is 5.02. The van der Waals surface area contributed by atoms with Gasteiger partial charge in [0.25, 0.3) is 0 Å². The third-order valence-electron chi connectivity index (χ3n) is 3.60. The van der Waals surface area contributed by atoms with E-state index in [1.807, 2.05) is 19.1 Å². The Morgan fingerprint density at radius 1 is 1.29 bits per heavy atom. The molecule has 0 unspecified atom stereocenters. The van der Waals surface area contributed by atoms with Crippen molar-refractivity contribution in [1.82, 2.24) is 20.0 Å². The first-order chi connectivity index (χ1) is 10.2. The Morgan fingerprint density at radius 3 is 2.95 bits per heavy atom. The SMILES string of the molecule is Cc1nc(CN2CCCN(c3ccnc(Cl)c3)CC2)no1. The first kappa shape index (κ1) is 14.3. The van der Waals surface area contributed by atoms with E-state index in [0.29, 0.717) is 11.0 Å². The molecule has 2 aromatic rings. The second-order valence-electron chi connectivity index (χ2n) is 5.18. The van der Waals surface area contributed by atoms with Gasteiger partial charge in [-0.25, -0.2) is 4.98 Å². The van der Waals surface area contributed by atoms with Crippen LogP contribution in [0.4, 0.5) is 5.69 Å². The maximum Gasteiger partial charge on any atom is 0.223 e. The zero-order chi connectivity index (χ0) is 14.7. The molecule has 0 aliphatic carbocycles. The largest absolute Gasteiger partial charge is 0.370 e. The molecule has 0 spiro atoms. The van der Waals surface area contributed by atoms with Gasteiger partial charge in [-0.1, -0.05) is 16.8 Å². The lowest BCUT2D eigenvalue weighted by molar-refractivity contribution is 0.272. The summed E-state index contributed by atoms with van der Waals surface area (Å²) in [6.45, 7) is 6.52. The number of hydrogen-bond acceptors (Lipinski definition) is 6. The van der Waals surface area contributed by atoms with Crippen LogP contribution in [-0.2, 0) is 6.54 Å². The van der Waals surface area contributed by atoms with Gasteiger partial charge in [0.15, 0.2) is 5.82 Å². The topological polar surface area (TPSA) is 58.3 Å². The molecule has 1 saturated heterocycles.